The molecular formula is C16H22N2O5. The lowest BCUT2D eigenvalue weighted by Gasteiger charge is -2.35. The SMILES string of the molecule is COCC1(C(N)=O)CCCN1Cc1cc(OC)c2c(c1)OCO2. The Kier molecular flexibility index (Phi) is 4.32. The predicted molar refractivity (Wildman–Crippen MR) is 82.6 cm³/mol. The average molecular weight is 322 g/mol. The number of rotatable bonds is 6. The predicted octanol–water partition coefficient (Wildman–Crippen LogP) is 0.890. The molecule has 3 rings (SSSR count). The highest BCUT2D eigenvalue weighted by molar-refractivity contribution is 5.85. The van der Waals surface area contributed by atoms with Crippen LogP contribution in [0.25, 0.3) is 0 Å². The number of amides is 1. The van der Waals surface area contributed by atoms with E-state index < -0.39 is 5.54 Å². The number of carbonyl (C=O) groups is 1. The molecular weight excluding hydrogens is 300 g/mol. The smallest absolute Gasteiger partial charge is 0.240 e. The summed E-state index contributed by atoms with van der Waals surface area (Å²) < 4.78 is 21.5. The lowest BCUT2D eigenvalue weighted by atomic mass is 9.95. The van der Waals surface area contributed by atoms with Crippen LogP contribution in [0.15, 0.2) is 12.1 Å². The zero-order valence-corrected chi connectivity index (χ0v) is 13.5. The lowest BCUT2D eigenvalue weighted by molar-refractivity contribution is -0.132. The van der Waals surface area contributed by atoms with E-state index in [0.29, 0.717) is 36.8 Å². The van der Waals surface area contributed by atoms with Crippen molar-refractivity contribution in [2.75, 3.05) is 34.2 Å². The van der Waals surface area contributed by atoms with Crippen LogP contribution in [0.3, 0.4) is 0 Å². The Morgan fingerprint density at radius 3 is 2.91 bits per heavy atom. The third kappa shape index (κ3) is 2.70. The number of likely N-dealkylation sites (tertiary alicyclic amines) is 1. The second-order valence-corrected chi connectivity index (χ2v) is 5.89. The molecule has 1 saturated heterocycles. The first kappa shape index (κ1) is 15.9. The van der Waals surface area contributed by atoms with Crippen LogP contribution in [0.1, 0.15) is 18.4 Å². The highest BCUT2D eigenvalue weighted by Crippen LogP contribution is 2.42. The van der Waals surface area contributed by atoms with E-state index in [2.05, 4.69) is 4.90 Å². The van der Waals surface area contributed by atoms with E-state index in [-0.39, 0.29) is 12.7 Å². The van der Waals surface area contributed by atoms with Gasteiger partial charge in [-0.25, -0.2) is 0 Å². The Morgan fingerprint density at radius 1 is 1.39 bits per heavy atom. The molecule has 23 heavy (non-hydrogen) atoms. The summed E-state index contributed by atoms with van der Waals surface area (Å²) in [7, 11) is 3.18. The molecule has 1 aromatic carbocycles. The quantitative estimate of drug-likeness (QED) is 0.837. The summed E-state index contributed by atoms with van der Waals surface area (Å²) in [5, 5.41) is 0. The van der Waals surface area contributed by atoms with Crippen LogP contribution in [0, 0.1) is 0 Å². The Morgan fingerprint density at radius 2 is 2.22 bits per heavy atom. The number of fused-ring (bicyclic) bond motifs is 1. The van der Waals surface area contributed by atoms with Crippen molar-refractivity contribution < 1.29 is 23.7 Å². The van der Waals surface area contributed by atoms with E-state index in [1.54, 1.807) is 14.2 Å². The van der Waals surface area contributed by atoms with Crippen LogP contribution in [0.5, 0.6) is 17.2 Å². The van der Waals surface area contributed by atoms with E-state index in [4.69, 9.17) is 24.7 Å². The van der Waals surface area contributed by atoms with Gasteiger partial charge in [0.2, 0.25) is 18.4 Å². The van der Waals surface area contributed by atoms with Crippen molar-refractivity contribution in [1.29, 1.82) is 0 Å². The Bertz CT molecular complexity index is 606. The molecule has 7 heteroatoms. The molecule has 126 valence electrons. The number of hydrogen-bond acceptors (Lipinski definition) is 6. The molecule has 0 radical (unpaired) electrons. The van der Waals surface area contributed by atoms with Crippen molar-refractivity contribution in [3.05, 3.63) is 17.7 Å². The van der Waals surface area contributed by atoms with Gasteiger partial charge in [0, 0.05) is 13.7 Å². The van der Waals surface area contributed by atoms with Gasteiger partial charge in [-0.1, -0.05) is 0 Å². The Labute approximate surface area is 135 Å². The molecule has 0 spiro atoms. The van der Waals surface area contributed by atoms with Gasteiger partial charge >= 0.3 is 0 Å². The first-order chi connectivity index (χ1) is 11.1. The highest BCUT2D eigenvalue weighted by atomic mass is 16.7. The first-order valence-electron chi connectivity index (χ1n) is 7.61. The molecule has 2 aliphatic rings. The van der Waals surface area contributed by atoms with Gasteiger partial charge in [-0.2, -0.15) is 0 Å². The fourth-order valence-corrected chi connectivity index (χ4v) is 3.41. The summed E-state index contributed by atoms with van der Waals surface area (Å²) in [5.41, 5.74) is 5.91. The van der Waals surface area contributed by atoms with Gasteiger partial charge in [-0.3, -0.25) is 9.69 Å². The molecule has 2 N–H and O–H groups in total. The van der Waals surface area contributed by atoms with E-state index in [1.807, 2.05) is 12.1 Å². The fraction of sp³-hybridized carbons (Fsp3) is 0.562. The second kappa shape index (κ2) is 6.25. The molecule has 1 atom stereocenters. The summed E-state index contributed by atoms with van der Waals surface area (Å²) in [4.78, 5) is 14.1. The maximum atomic E-state index is 12.1. The van der Waals surface area contributed by atoms with Gasteiger partial charge in [0.05, 0.1) is 13.7 Å². The van der Waals surface area contributed by atoms with Crippen molar-refractivity contribution in [3.63, 3.8) is 0 Å². The number of methoxy groups -OCH3 is 2. The van der Waals surface area contributed by atoms with Crippen LogP contribution in [0.2, 0.25) is 0 Å². The minimum absolute atomic E-state index is 0.188. The largest absolute Gasteiger partial charge is 0.493 e. The summed E-state index contributed by atoms with van der Waals surface area (Å²) in [5.74, 6) is 1.57. The minimum atomic E-state index is -0.752. The average Bonchev–Trinajstić information content (AvgIpc) is 3.15. The number of nitrogens with two attached hydrogens (primary N) is 1. The molecule has 1 unspecified atom stereocenters. The molecule has 7 nitrogen and oxygen atoms in total. The maximum absolute atomic E-state index is 12.1. The number of primary amides is 1. The number of ether oxygens (including phenoxy) is 4. The summed E-state index contributed by atoms with van der Waals surface area (Å²) in [6.07, 6.45) is 1.62. The zero-order valence-electron chi connectivity index (χ0n) is 13.5. The number of carbonyl (C=O) groups excluding carboxylic acids is 1. The van der Waals surface area contributed by atoms with Crippen molar-refractivity contribution in [2.24, 2.45) is 5.73 Å². The summed E-state index contributed by atoms with van der Waals surface area (Å²) >= 11 is 0. The monoisotopic (exact) mass is 322 g/mol. The molecule has 1 fully saturated rings. The van der Waals surface area contributed by atoms with E-state index in [0.717, 1.165) is 18.5 Å². The molecule has 0 saturated carbocycles. The lowest BCUT2D eigenvalue weighted by Crippen LogP contribution is -2.56. The maximum Gasteiger partial charge on any atom is 0.240 e. The van der Waals surface area contributed by atoms with E-state index in [9.17, 15) is 4.79 Å². The van der Waals surface area contributed by atoms with Crippen LogP contribution in [-0.2, 0) is 16.1 Å². The normalized spacial score (nSPS) is 23.2. The fourth-order valence-electron chi connectivity index (χ4n) is 3.41. The van der Waals surface area contributed by atoms with Gasteiger partial charge in [-0.05, 0) is 37.1 Å². The van der Waals surface area contributed by atoms with Crippen molar-refractivity contribution in [2.45, 2.75) is 24.9 Å². The number of nitrogens with zero attached hydrogens (tertiary/aromatic N) is 1. The Hall–Kier alpha value is -1.99. The third-order valence-corrected chi connectivity index (χ3v) is 4.56. The topological polar surface area (TPSA) is 83.3 Å². The number of benzene rings is 1. The second-order valence-electron chi connectivity index (χ2n) is 5.89. The van der Waals surface area contributed by atoms with Crippen molar-refractivity contribution in [3.8, 4) is 17.2 Å². The van der Waals surface area contributed by atoms with Crippen LogP contribution < -0.4 is 19.9 Å². The van der Waals surface area contributed by atoms with Crippen molar-refractivity contribution in [1.82, 2.24) is 4.90 Å². The van der Waals surface area contributed by atoms with Crippen molar-refractivity contribution >= 4 is 5.91 Å². The summed E-state index contributed by atoms with van der Waals surface area (Å²) in [6.45, 7) is 1.85. The molecule has 2 aliphatic heterocycles. The third-order valence-electron chi connectivity index (χ3n) is 4.56. The molecule has 2 heterocycles. The van der Waals surface area contributed by atoms with Crippen LogP contribution >= 0.6 is 0 Å². The standard InChI is InChI=1S/C16H22N2O5/c1-20-9-16(15(17)19)4-3-5-18(16)8-11-6-12(21-2)14-13(7-11)22-10-23-14/h6-7H,3-5,8-10H2,1-2H3,(H2,17,19). The van der Waals surface area contributed by atoms with Gasteiger partial charge in [-0.15, -0.1) is 0 Å². The van der Waals surface area contributed by atoms with Crippen LogP contribution in [0.4, 0.5) is 0 Å². The first-order valence-corrected chi connectivity index (χ1v) is 7.61. The molecule has 1 aromatic rings. The van der Waals surface area contributed by atoms with Crippen LogP contribution in [-0.4, -0.2) is 50.5 Å². The van der Waals surface area contributed by atoms with E-state index >= 15 is 0 Å². The molecule has 0 aliphatic carbocycles. The Balaban J connectivity index is 1.88. The van der Waals surface area contributed by atoms with Gasteiger partial charge in [0.15, 0.2) is 11.5 Å². The molecule has 0 aromatic heterocycles. The highest BCUT2D eigenvalue weighted by Gasteiger charge is 2.46. The molecule has 1 amide bonds. The van der Waals surface area contributed by atoms with E-state index in [1.165, 1.54) is 0 Å². The van der Waals surface area contributed by atoms with Gasteiger partial charge in [0.25, 0.3) is 0 Å². The number of hydrogen-bond donors (Lipinski definition) is 1. The van der Waals surface area contributed by atoms with Gasteiger partial charge in [0.1, 0.15) is 5.54 Å². The zero-order chi connectivity index (χ0) is 16.4. The molecule has 0 bridgehead atoms. The van der Waals surface area contributed by atoms with Gasteiger partial charge < -0.3 is 24.7 Å². The minimum Gasteiger partial charge on any atom is -0.493 e. The summed E-state index contributed by atoms with van der Waals surface area (Å²) in [6, 6.07) is 3.83.